The molecule has 4 aromatic rings. The molecule has 262 valence electrons. The molecule has 9 heteroatoms. The molecule has 5 heterocycles. The van der Waals surface area contributed by atoms with E-state index in [4.69, 9.17) is 30.9 Å². The number of fused-ring (bicyclic) bond motifs is 7. The Hall–Kier alpha value is -4.68. The third-order valence-corrected chi connectivity index (χ3v) is 9.75. The van der Waals surface area contributed by atoms with Crippen LogP contribution in [0.2, 0.25) is 0 Å². The van der Waals surface area contributed by atoms with Crippen molar-refractivity contribution in [2.24, 2.45) is 5.41 Å². The molecule has 2 aromatic carbocycles. The van der Waals surface area contributed by atoms with E-state index in [9.17, 15) is 4.79 Å². The third-order valence-electron chi connectivity index (χ3n) is 9.75. The summed E-state index contributed by atoms with van der Waals surface area (Å²) < 4.78 is 20.5. The van der Waals surface area contributed by atoms with Crippen LogP contribution < -0.4 is 9.64 Å². The Kier molecular flexibility index (Phi) is 10.0. The first-order valence-electron chi connectivity index (χ1n) is 17.8. The van der Waals surface area contributed by atoms with Crippen LogP contribution in [0, 0.1) is 18.9 Å². The Labute approximate surface area is 296 Å². The van der Waals surface area contributed by atoms with E-state index in [2.05, 4.69) is 41.8 Å². The van der Waals surface area contributed by atoms with Crippen molar-refractivity contribution in [1.82, 2.24) is 14.6 Å². The van der Waals surface area contributed by atoms with Crippen molar-refractivity contribution in [3.63, 3.8) is 0 Å². The first-order chi connectivity index (χ1) is 23.9. The van der Waals surface area contributed by atoms with Gasteiger partial charge in [0.2, 0.25) is 0 Å². The number of allylic oxidation sites excluding steroid dienone is 1. The highest BCUT2D eigenvalue weighted by atomic mass is 16.6. The maximum Gasteiger partial charge on any atom is 0.340 e. The molecule has 2 aromatic heterocycles. The number of piperidine rings is 1. The molecule has 0 N–H and O–H groups in total. The number of aryl methyl sites for hydroxylation is 1. The molecule has 1 saturated heterocycles. The van der Waals surface area contributed by atoms with E-state index in [0.29, 0.717) is 22.6 Å². The maximum absolute atomic E-state index is 13.7. The minimum Gasteiger partial charge on any atom is -0.490 e. The Morgan fingerprint density at radius 1 is 1.10 bits per heavy atom. The first kappa shape index (κ1) is 35.2. The van der Waals surface area contributed by atoms with Crippen LogP contribution in [-0.4, -0.2) is 52.0 Å². The summed E-state index contributed by atoms with van der Waals surface area (Å²) in [6, 6.07) is 15.8. The number of ether oxygens (including phenoxy) is 3. The second-order valence-electron chi connectivity index (χ2n) is 14.9. The molecule has 2 atom stereocenters. The van der Waals surface area contributed by atoms with E-state index in [1.165, 1.54) is 0 Å². The van der Waals surface area contributed by atoms with Crippen LogP contribution in [0.25, 0.3) is 32.9 Å². The van der Waals surface area contributed by atoms with E-state index in [-0.39, 0.29) is 18.1 Å². The Bertz CT molecular complexity index is 1940. The van der Waals surface area contributed by atoms with Gasteiger partial charge in [-0.25, -0.2) is 14.6 Å². The summed E-state index contributed by atoms with van der Waals surface area (Å²) >= 11 is 0. The number of nitrogens with zero attached hydrogens (tertiary/aromatic N) is 5. The van der Waals surface area contributed by atoms with Crippen LogP contribution in [0.1, 0.15) is 91.0 Å². The fourth-order valence-electron chi connectivity index (χ4n) is 7.04. The second kappa shape index (κ2) is 14.3. The fourth-order valence-corrected chi connectivity index (χ4v) is 7.04. The number of benzene rings is 2. The van der Waals surface area contributed by atoms with E-state index in [1.807, 2.05) is 81.6 Å². The quantitative estimate of drug-likeness (QED) is 0.121. The van der Waals surface area contributed by atoms with Gasteiger partial charge in [0, 0.05) is 42.4 Å². The molecule has 3 aliphatic rings. The van der Waals surface area contributed by atoms with Crippen LogP contribution in [0.5, 0.6) is 5.75 Å². The van der Waals surface area contributed by atoms with E-state index in [0.717, 1.165) is 79.1 Å². The molecule has 9 nitrogen and oxygen atoms in total. The zero-order valence-electron chi connectivity index (χ0n) is 30.5. The van der Waals surface area contributed by atoms with E-state index >= 15 is 0 Å². The standard InChI is InChI=1S/C41H49N5O4/c1-9-48-39(47)37(50-40(4,5)6)36-28(3)43-35-26-33-30-16-13-15-29(24-30)32-25-31(42-8)17-18-34(32)49-27(2)14-11-10-12-19-41(7)20-22-45(23-21-41)38(36)46(35)44-33/h10-11,13,15-18,24-27,37H,9,12,14,19-23H2,1-7H3/t27-,37+/m1/s1. The highest BCUT2D eigenvalue weighted by Gasteiger charge is 2.38. The van der Waals surface area contributed by atoms with Crippen LogP contribution in [0.3, 0.4) is 0 Å². The summed E-state index contributed by atoms with van der Waals surface area (Å²) in [7, 11) is 0. The molecule has 0 aliphatic carbocycles. The molecular weight excluding hydrogens is 626 g/mol. The smallest absolute Gasteiger partial charge is 0.340 e. The van der Waals surface area contributed by atoms with Crippen LogP contribution in [0.15, 0.2) is 60.7 Å². The monoisotopic (exact) mass is 675 g/mol. The highest BCUT2D eigenvalue weighted by Crippen LogP contribution is 2.42. The number of hydrogen-bond acceptors (Lipinski definition) is 7. The predicted octanol–water partition coefficient (Wildman–Crippen LogP) is 9.46. The fraction of sp³-hybridized carbons (Fsp3) is 0.463. The van der Waals surface area contributed by atoms with Crippen molar-refractivity contribution < 1.29 is 19.0 Å². The molecule has 1 fully saturated rings. The van der Waals surface area contributed by atoms with Gasteiger partial charge in [0.1, 0.15) is 11.6 Å². The molecule has 0 spiro atoms. The van der Waals surface area contributed by atoms with Gasteiger partial charge in [0.25, 0.3) is 0 Å². The van der Waals surface area contributed by atoms with Gasteiger partial charge in [-0.05, 0) is 96.4 Å². The lowest BCUT2D eigenvalue weighted by Crippen LogP contribution is -2.41. The number of aromatic nitrogens is 3. The van der Waals surface area contributed by atoms with Gasteiger partial charge in [-0.1, -0.05) is 43.3 Å². The summed E-state index contributed by atoms with van der Waals surface area (Å²) in [5, 5.41) is 5.19. The van der Waals surface area contributed by atoms with Crippen LogP contribution in [-0.2, 0) is 14.3 Å². The number of carbonyl (C=O) groups is 1. The van der Waals surface area contributed by atoms with Gasteiger partial charge in [-0.15, -0.1) is 0 Å². The molecule has 0 radical (unpaired) electrons. The minimum atomic E-state index is -0.975. The molecule has 0 unspecified atom stereocenters. The zero-order valence-corrected chi connectivity index (χ0v) is 30.5. The van der Waals surface area contributed by atoms with Crippen LogP contribution >= 0.6 is 0 Å². The highest BCUT2D eigenvalue weighted by molar-refractivity contribution is 5.81. The van der Waals surface area contributed by atoms with Gasteiger partial charge >= 0.3 is 5.97 Å². The largest absolute Gasteiger partial charge is 0.490 e. The second-order valence-corrected chi connectivity index (χ2v) is 14.9. The van der Waals surface area contributed by atoms with Gasteiger partial charge in [0.15, 0.2) is 17.4 Å². The summed E-state index contributed by atoms with van der Waals surface area (Å²) in [5.41, 5.74) is 5.65. The van der Waals surface area contributed by atoms with Crippen molar-refractivity contribution in [2.45, 2.75) is 98.4 Å². The van der Waals surface area contributed by atoms with Crippen molar-refractivity contribution >= 4 is 23.1 Å². The van der Waals surface area contributed by atoms with Crippen molar-refractivity contribution in [3.8, 4) is 28.1 Å². The Morgan fingerprint density at radius 3 is 2.58 bits per heavy atom. The Morgan fingerprint density at radius 2 is 1.86 bits per heavy atom. The minimum absolute atomic E-state index is 0.0301. The van der Waals surface area contributed by atoms with Crippen molar-refractivity contribution in [1.29, 1.82) is 0 Å². The van der Waals surface area contributed by atoms with Gasteiger partial charge in [-0.2, -0.15) is 9.61 Å². The number of hydrogen-bond donors (Lipinski definition) is 0. The molecule has 50 heavy (non-hydrogen) atoms. The zero-order chi connectivity index (χ0) is 35.6. The normalized spacial score (nSPS) is 20.2. The lowest BCUT2D eigenvalue weighted by Gasteiger charge is -2.41. The Balaban J connectivity index is 1.56. The van der Waals surface area contributed by atoms with Gasteiger partial charge in [0.05, 0.1) is 36.1 Å². The summed E-state index contributed by atoms with van der Waals surface area (Å²) in [6.07, 6.45) is 8.41. The number of esters is 1. The number of anilines is 1. The number of rotatable bonds is 4. The molecule has 3 aliphatic heterocycles. The van der Waals surface area contributed by atoms with Gasteiger partial charge < -0.3 is 19.1 Å². The van der Waals surface area contributed by atoms with E-state index in [1.54, 1.807) is 0 Å². The summed E-state index contributed by atoms with van der Waals surface area (Å²) in [5.74, 6) is 1.13. The molecule has 0 saturated carbocycles. The average molecular weight is 676 g/mol. The van der Waals surface area contributed by atoms with Crippen LogP contribution in [0.4, 0.5) is 11.5 Å². The van der Waals surface area contributed by atoms with Gasteiger partial charge in [-0.3, -0.25) is 0 Å². The summed E-state index contributed by atoms with van der Waals surface area (Å²) in [6.45, 7) is 23.6. The van der Waals surface area contributed by atoms with Crippen molar-refractivity contribution in [2.75, 3.05) is 24.6 Å². The summed E-state index contributed by atoms with van der Waals surface area (Å²) in [4.78, 5) is 24.7. The number of carbonyl (C=O) groups excluding carboxylic acids is 1. The predicted molar refractivity (Wildman–Crippen MR) is 198 cm³/mol. The van der Waals surface area contributed by atoms with E-state index < -0.39 is 17.7 Å². The maximum atomic E-state index is 13.7. The third kappa shape index (κ3) is 7.56. The molecule has 0 amide bonds. The lowest BCUT2D eigenvalue weighted by atomic mass is 9.76. The first-order valence-corrected chi connectivity index (χ1v) is 17.8. The topological polar surface area (TPSA) is 82.5 Å². The van der Waals surface area contributed by atoms with Crippen molar-refractivity contribution in [3.05, 3.63) is 83.4 Å². The SMILES string of the molecule is [C-]#[N+]c1ccc2c(c1)-c1cccc(c1)-c1cc3nc(C)c([C@H](OC(C)(C)C)C(=O)OCC)c(n3n1)N1CCC(C)(CCC=CC[C@@H](C)O2)CC1. The lowest BCUT2D eigenvalue weighted by molar-refractivity contribution is -0.166. The molecule has 6 bridgehead atoms. The molecule has 7 rings (SSSR count). The molecular formula is C41H49N5O4. The average Bonchev–Trinajstić information content (AvgIpc) is 3.50.